The molecule has 0 aromatic rings. The van der Waals surface area contributed by atoms with Gasteiger partial charge in [-0.25, -0.2) is 0 Å². The summed E-state index contributed by atoms with van der Waals surface area (Å²) in [4.78, 5) is 20.3. The lowest BCUT2D eigenvalue weighted by molar-refractivity contribution is -0.189. The van der Waals surface area contributed by atoms with Crippen molar-refractivity contribution in [2.75, 3.05) is 19.7 Å². The third-order valence-electron chi connectivity index (χ3n) is 3.34. The van der Waals surface area contributed by atoms with E-state index in [1.807, 2.05) is 0 Å². The Morgan fingerprint density at radius 3 is 2.13 bits per heavy atom. The van der Waals surface area contributed by atoms with Crippen molar-refractivity contribution in [1.82, 2.24) is 10.6 Å². The smallest absolute Gasteiger partial charge is 0.256 e. The van der Waals surface area contributed by atoms with Crippen LogP contribution in [-0.4, -0.2) is 79.8 Å². The molecule has 0 heterocycles. The second-order valence-corrected chi connectivity index (χ2v) is 5.95. The van der Waals surface area contributed by atoms with Crippen LogP contribution in [0.25, 0.3) is 0 Å². The molecule has 0 bridgehead atoms. The fourth-order valence-corrected chi connectivity index (χ4v) is 2.39. The van der Waals surface area contributed by atoms with E-state index in [1.54, 1.807) is 6.92 Å². The van der Waals surface area contributed by atoms with Gasteiger partial charge in [0.1, 0.15) is 12.2 Å². The molecule has 23 heavy (non-hydrogen) atoms. The molecular weight excluding hydrogens is 328 g/mol. The molecule has 0 aliphatic heterocycles. The van der Waals surface area contributed by atoms with E-state index in [-0.39, 0.29) is 31.8 Å². The van der Waals surface area contributed by atoms with E-state index < -0.39 is 35.3 Å². The quantitative estimate of drug-likeness (QED) is 0.119. The largest absolute Gasteiger partial charge is 0.394 e. The number of aliphatic hydroxyl groups is 5. The Balaban J connectivity index is 5.14. The number of nitrogens with one attached hydrogen (secondary N) is 2. The number of thiol groups is 1. The van der Waals surface area contributed by atoms with Crippen molar-refractivity contribution in [3.63, 3.8) is 0 Å². The predicted molar refractivity (Wildman–Crippen MR) is 84.6 cm³/mol. The normalized spacial score (nSPS) is 19.1. The lowest BCUT2D eigenvalue weighted by Crippen LogP contribution is -2.67. The van der Waals surface area contributed by atoms with Crippen molar-refractivity contribution in [3.05, 3.63) is 0 Å². The summed E-state index contributed by atoms with van der Waals surface area (Å²) >= 11 is 3.76. The highest BCUT2D eigenvalue weighted by Crippen LogP contribution is 2.35. The molecule has 0 aromatic heterocycles. The van der Waals surface area contributed by atoms with Crippen LogP contribution in [0, 0.1) is 0 Å². The van der Waals surface area contributed by atoms with Crippen LogP contribution in [0.3, 0.4) is 0 Å². The van der Waals surface area contributed by atoms with E-state index in [4.69, 9.17) is 5.11 Å². The molecule has 0 fully saturated rings. The molecule has 0 aromatic carbocycles. The van der Waals surface area contributed by atoms with Gasteiger partial charge in [0.05, 0.1) is 6.61 Å². The number of carbonyl (C=O) groups is 2. The predicted octanol–water partition coefficient (Wildman–Crippen LogP) is -2.90. The molecule has 0 aliphatic carbocycles. The molecule has 4 unspecified atom stereocenters. The monoisotopic (exact) mass is 354 g/mol. The SMILES string of the molecule is CCCC(O)(C(=O)NCCNC(C)=O)C(O)(S)C(O)C(O)CO. The summed E-state index contributed by atoms with van der Waals surface area (Å²) in [6, 6.07) is 0. The van der Waals surface area contributed by atoms with Crippen molar-refractivity contribution in [2.45, 2.75) is 49.4 Å². The zero-order chi connectivity index (χ0) is 18.3. The summed E-state index contributed by atoms with van der Waals surface area (Å²) in [7, 11) is 0. The maximum absolute atomic E-state index is 12.2. The van der Waals surface area contributed by atoms with Crippen LogP contribution < -0.4 is 10.6 Å². The van der Waals surface area contributed by atoms with Gasteiger partial charge in [-0.15, -0.1) is 12.6 Å². The van der Waals surface area contributed by atoms with Crippen molar-refractivity contribution >= 4 is 24.4 Å². The van der Waals surface area contributed by atoms with Crippen molar-refractivity contribution < 1.29 is 35.1 Å². The number of amides is 2. The number of aliphatic hydroxyl groups excluding tert-OH is 3. The van der Waals surface area contributed by atoms with Gasteiger partial charge in [-0.05, 0) is 6.42 Å². The Labute approximate surface area is 140 Å². The average Bonchev–Trinajstić information content (AvgIpc) is 2.49. The van der Waals surface area contributed by atoms with Crippen LogP contribution in [0.4, 0.5) is 0 Å². The van der Waals surface area contributed by atoms with Gasteiger partial charge in [0, 0.05) is 20.0 Å². The molecule has 0 radical (unpaired) electrons. The van der Waals surface area contributed by atoms with Crippen molar-refractivity contribution in [2.24, 2.45) is 0 Å². The molecule has 0 saturated carbocycles. The molecule has 0 aliphatic rings. The van der Waals surface area contributed by atoms with Gasteiger partial charge >= 0.3 is 0 Å². The molecule has 0 rings (SSSR count). The topological polar surface area (TPSA) is 159 Å². The Kier molecular flexibility index (Phi) is 9.03. The minimum absolute atomic E-state index is 0.0209. The van der Waals surface area contributed by atoms with E-state index in [0.717, 1.165) is 0 Å². The first kappa shape index (κ1) is 22.1. The maximum Gasteiger partial charge on any atom is 0.256 e. The minimum Gasteiger partial charge on any atom is -0.394 e. The highest BCUT2D eigenvalue weighted by molar-refractivity contribution is 7.81. The molecule has 4 atom stereocenters. The lowest BCUT2D eigenvalue weighted by Gasteiger charge is -2.42. The first-order valence-corrected chi connectivity index (χ1v) is 7.66. The summed E-state index contributed by atoms with van der Waals surface area (Å²) in [6.07, 6.45) is -3.87. The third-order valence-corrected chi connectivity index (χ3v) is 3.98. The van der Waals surface area contributed by atoms with E-state index in [9.17, 15) is 30.0 Å². The van der Waals surface area contributed by atoms with Crippen molar-refractivity contribution in [1.29, 1.82) is 0 Å². The highest BCUT2D eigenvalue weighted by atomic mass is 32.1. The Hall–Kier alpha value is -0.910. The van der Waals surface area contributed by atoms with Gasteiger partial charge in [-0.3, -0.25) is 9.59 Å². The molecular formula is C13H26N2O7S. The second kappa shape index (κ2) is 9.40. The van der Waals surface area contributed by atoms with E-state index in [1.165, 1.54) is 6.92 Å². The van der Waals surface area contributed by atoms with Gasteiger partial charge in [0.25, 0.3) is 5.91 Å². The Morgan fingerprint density at radius 2 is 1.70 bits per heavy atom. The van der Waals surface area contributed by atoms with Crippen LogP contribution in [0.5, 0.6) is 0 Å². The van der Waals surface area contributed by atoms with Gasteiger partial charge in [0.2, 0.25) is 5.91 Å². The maximum atomic E-state index is 12.2. The van der Waals surface area contributed by atoms with Gasteiger partial charge < -0.3 is 36.2 Å². The zero-order valence-corrected chi connectivity index (χ0v) is 14.1. The second-order valence-electron chi connectivity index (χ2n) is 5.27. The molecule has 136 valence electrons. The number of rotatable bonds is 10. The summed E-state index contributed by atoms with van der Waals surface area (Å²) in [5.74, 6) is -1.32. The minimum atomic E-state index is -2.71. The van der Waals surface area contributed by atoms with Gasteiger partial charge in [-0.1, -0.05) is 13.3 Å². The van der Waals surface area contributed by atoms with Crippen LogP contribution in [0.2, 0.25) is 0 Å². The van der Waals surface area contributed by atoms with Gasteiger partial charge in [0.15, 0.2) is 10.5 Å². The van der Waals surface area contributed by atoms with E-state index >= 15 is 0 Å². The number of carbonyl (C=O) groups excluding carboxylic acids is 2. The molecule has 9 nitrogen and oxygen atoms in total. The number of hydrogen-bond acceptors (Lipinski definition) is 8. The summed E-state index contributed by atoms with van der Waals surface area (Å²) in [5, 5.41) is 53.8. The standard InChI is InChI=1S/C13H26N2O7S/c1-3-4-12(21,11(20)15-6-5-14-8(2)17)13(22,23)10(19)9(18)7-16/h9-10,16,18-19,21-23H,3-7H2,1-2H3,(H,14,17)(H,15,20). The molecule has 10 heteroatoms. The fraction of sp³-hybridized carbons (Fsp3) is 0.846. The summed E-state index contributed by atoms with van der Waals surface area (Å²) in [5.41, 5.74) is -2.52. The Morgan fingerprint density at radius 1 is 1.17 bits per heavy atom. The first-order chi connectivity index (χ1) is 10.5. The highest BCUT2D eigenvalue weighted by Gasteiger charge is 2.57. The average molecular weight is 354 g/mol. The van der Waals surface area contributed by atoms with Crippen LogP contribution in [-0.2, 0) is 9.59 Å². The molecule has 0 spiro atoms. The lowest BCUT2D eigenvalue weighted by atomic mass is 9.84. The zero-order valence-electron chi connectivity index (χ0n) is 13.2. The fourth-order valence-electron chi connectivity index (χ4n) is 2.00. The van der Waals surface area contributed by atoms with Crippen molar-refractivity contribution in [3.8, 4) is 0 Å². The van der Waals surface area contributed by atoms with Crippen LogP contribution in [0.1, 0.15) is 26.7 Å². The molecule has 2 amide bonds. The molecule has 0 saturated heterocycles. The molecule has 7 N–H and O–H groups in total. The number of hydrogen-bond donors (Lipinski definition) is 8. The van der Waals surface area contributed by atoms with Crippen LogP contribution >= 0.6 is 12.6 Å². The van der Waals surface area contributed by atoms with E-state index in [0.29, 0.717) is 0 Å². The van der Waals surface area contributed by atoms with Crippen LogP contribution in [0.15, 0.2) is 0 Å². The van der Waals surface area contributed by atoms with Gasteiger partial charge in [-0.2, -0.15) is 0 Å². The Bertz CT molecular complexity index is 408. The summed E-state index contributed by atoms with van der Waals surface area (Å²) in [6.45, 7) is 2.13. The summed E-state index contributed by atoms with van der Waals surface area (Å²) < 4.78 is 0. The third kappa shape index (κ3) is 5.59. The van der Waals surface area contributed by atoms with E-state index in [2.05, 4.69) is 23.3 Å². The first-order valence-electron chi connectivity index (χ1n) is 7.21.